The highest BCUT2D eigenvalue weighted by Gasteiger charge is 2.12. The second-order valence-corrected chi connectivity index (χ2v) is 3.98. The van der Waals surface area contributed by atoms with Crippen LogP contribution in [0.25, 0.3) is 0 Å². The molecule has 0 bridgehead atoms. The summed E-state index contributed by atoms with van der Waals surface area (Å²) in [7, 11) is 3.47. The van der Waals surface area contributed by atoms with Gasteiger partial charge in [0.05, 0.1) is 19.4 Å². The molecule has 2 rings (SSSR count). The van der Waals surface area contributed by atoms with E-state index in [4.69, 9.17) is 4.74 Å². The zero-order valence-electron chi connectivity index (χ0n) is 10.00. The largest absolute Gasteiger partial charge is 0.496 e. The quantitative estimate of drug-likeness (QED) is 0.872. The number of aryl methyl sites for hydroxylation is 1. The van der Waals surface area contributed by atoms with Crippen molar-refractivity contribution in [2.24, 2.45) is 7.05 Å². The van der Waals surface area contributed by atoms with E-state index in [0.717, 1.165) is 16.9 Å². The van der Waals surface area contributed by atoms with Gasteiger partial charge in [0.25, 0.3) is 0 Å². The number of ether oxygens (including phenoxy) is 1. The van der Waals surface area contributed by atoms with E-state index in [9.17, 15) is 5.11 Å². The molecule has 1 aromatic carbocycles. The molecule has 1 unspecified atom stereocenters. The lowest BCUT2D eigenvalue weighted by Crippen LogP contribution is -2.02. The van der Waals surface area contributed by atoms with Crippen LogP contribution in [0.15, 0.2) is 36.7 Å². The molecule has 0 aliphatic rings. The zero-order chi connectivity index (χ0) is 12.3. The van der Waals surface area contributed by atoms with Gasteiger partial charge < -0.3 is 9.84 Å². The van der Waals surface area contributed by atoms with Gasteiger partial charge in [-0.05, 0) is 11.6 Å². The molecule has 0 saturated carbocycles. The molecule has 4 heteroatoms. The van der Waals surface area contributed by atoms with Crippen LogP contribution in [0.3, 0.4) is 0 Å². The van der Waals surface area contributed by atoms with E-state index < -0.39 is 6.10 Å². The van der Waals surface area contributed by atoms with E-state index in [0.29, 0.717) is 6.42 Å². The fraction of sp³-hybridized carbons (Fsp3) is 0.308. The van der Waals surface area contributed by atoms with Gasteiger partial charge >= 0.3 is 0 Å². The molecule has 1 atom stereocenters. The number of benzene rings is 1. The van der Waals surface area contributed by atoms with Crippen LogP contribution in [0.4, 0.5) is 0 Å². The Morgan fingerprint density at radius 3 is 2.82 bits per heavy atom. The van der Waals surface area contributed by atoms with E-state index in [2.05, 4.69) is 5.10 Å². The van der Waals surface area contributed by atoms with Crippen LogP contribution in [0, 0.1) is 0 Å². The van der Waals surface area contributed by atoms with Crippen LogP contribution >= 0.6 is 0 Å². The lowest BCUT2D eigenvalue weighted by molar-refractivity contribution is 0.177. The highest BCUT2D eigenvalue weighted by Crippen LogP contribution is 2.24. The second kappa shape index (κ2) is 5.01. The van der Waals surface area contributed by atoms with E-state index >= 15 is 0 Å². The Morgan fingerprint density at radius 1 is 1.41 bits per heavy atom. The SMILES string of the molecule is COc1ccccc1CC(O)c1cnn(C)c1. The maximum absolute atomic E-state index is 10.1. The first-order valence-electron chi connectivity index (χ1n) is 5.49. The predicted molar refractivity (Wildman–Crippen MR) is 64.9 cm³/mol. The topological polar surface area (TPSA) is 47.3 Å². The Labute approximate surface area is 100 Å². The maximum Gasteiger partial charge on any atom is 0.122 e. The molecule has 0 spiro atoms. The minimum Gasteiger partial charge on any atom is -0.496 e. The van der Waals surface area contributed by atoms with Gasteiger partial charge in [-0.15, -0.1) is 0 Å². The Kier molecular flexibility index (Phi) is 3.44. The summed E-state index contributed by atoms with van der Waals surface area (Å²) < 4.78 is 6.94. The summed E-state index contributed by atoms with van der Waals surface area (Å²) in [6, 6.07) is 7.70. The minimum atomic E-state index is -0.556. The molecular formula is C13H16N2O2. The predicted octanol–water partition coefficient (Wildman–Crippen LogP) is 1.70. The fourth-order valence-electron chi connectivity index (χ4n) is 1.81. The number of nitrogens with zero attached hydrogens (tertiary/aromatic N) is 2. The number of aromatic nitrogens is 2. The monoisotopic (exact) mass is 232 g/mol. The lowest BCUT2D eigenvalue weighted by atomic mass is 10.0. The average molecular weight is 232 g/mol. The van der Waals surface area contributed by atoms with Gasteiger partial charge in [-0.2, -0.15) is 5.10 Å². The van der Waals surface area contributed by atoms with E-state index in [1.54, 1.807) is 18.0 Å². The second-order valence-electron chi connectivity index (χ2n) is 3.98. The maximum atomic E-state index is 10.1. The van der Waals surface area contributed by atoms with Crippen molar-refractivity contribution in [2.75, 3.05) is 7.11 Å². The third kappa shape index (κ3) is 2.65. The standard InChI is InChI=1S/C13H16N2O2/c1-15-9-11(8-14-15)12(16)7-10-5-3-4-6-13(10)17-2/h3-6,8-9,12,16H,7H2,1-2H3. The third-order valence-electron chi connectivity index (χ3n) is 2.72. The Morgan fingerprint density at radius 2 is 2.18 bits per heavy atom. The van der Waals surface area contributed by atoms with Gasteiger partial charge in [0, 0.05) is 25.2 Å². The summed E-state index contributed by atoms with van der Waals surface area (Å²) in [6.07, 6.45) is 3.47. The smallest absolute Gasteiger partial charge is 0.122 e. The molecule has 0 fully saturated rings. The molecule has 0 saturated heterocycles. The van der Waals surface area contributed by atoms with Crippen LogP contribution in [-0.2, 0) is 13.5 Å². The molecule has 2 aromatic rings. The minimum absolute atomic E-state index is 0.524. The summed E-state index contributed by atoms with van der Waals surface area (Å²) >= 11 is 0. The molecule has 1 heterocycles. The molecule has 4 nitrogen and oxygen atoms in total. The summed E-state index contributed by atoms with van der Waals surface area (Å²) in [4.78, 5) is 0. The lowest BCUT2D eigenvalue weighted by Gasteiger charge is -2.11. The van der Waals surface area contributed by atoms with Crippen molar-refractivity contribution in [3.05, 3.63) is 47.8 Å². The normalized spacial score (nSPS) is 12.4. The first kappa shape index (κ1) is 11.7. The molecule has 0 radical (unpaired) electrons. The first-order valence-corrected chi connectivity index (χ1v) is 5.49. The molecule has 1 N–H and O–H groups in total. The molecule has 0 amide bonds. The number of hydrogen-bond acceptors (Lipinski definition) is 3. The number of rotatable bonds is 4. The number of methoxy groups -OCH3 is 1. The highest BCUT2D eigenvalue weighted by molar-refractivity contribution is 5.34. The zero-order valence-corrected chi connectivity index (χ0v) is 10.00. The third-order valence-corrected chi connectivity index (χ3v) is 2.72. The van der Waals surface area contributed by atoms with Crippen molar-refractivity contribution < 1.29 is 9.84 Å². The molecular weight excluding hydrogens is 216 g/mol. The summed E-state index contributed by atoms with van der Waals surface area (Å²) in [5.41, 5.74) is 1.81. The highest BCUT2D eigenvalue weighted by atomic mass is 16.5. The Balaban J connectivity index is 2.15. The van der Waals surface area contributed by atoms with Crippen LogP contribution in [0.1, 0.15) is 17.2 Å². The Hall–Kier alpha value is -1.81. The van der Waals surface area contributed by atoms with Gasteiger partial charge in [-0.25, -0.2) is 0 Å². The average Bonchev–Trinajstić information content (AvgIpc) is 2.77. The fourth-order valence-corrected chi connectivity index (χ4v) is 1.81. The van der Waals surface area contributed by atoms with E-state index in [1.165, 1.54) is 0 Å². The van der Waals surface area contributed by atoms with Gasteiger partial charge in [0.15, 0.2) is 0 Å². The van der Waals surface area contributed by atoms with Crippen molar-refractivity contribution in [3.63, 3.8) is 0 Å². The molecule has 0 aliphatic heterocycles. The first-order chi connectivity index (χ1) is 8.20. The van der Waals surface area contributed by atoms with Gasteiger partial charge in [0.2, 0.25) is 0 Å². The number of para-hydroxylation sites is 1. The number of hydrogen-bond donors (Lipinski definition) is 1. The molecule has 17 heavy (non-hydrogen) atoms. The molecule has 1 aromatic heterocycles. The van der Waals surface area contributed by atoms with Crippen LogP contribution in [-0.4, -0.2) is 22.0 Å². The molecule has 0 aliphatic carbocycles. The van der Waals surface area contributed by atoms with Crippen molar-refractivity contribution >= 4 is 0 Å². The summed E-state index contributed by atoms with van der Waals surface area (Å²) in [5, 5.41) is 14.1. The number of aliphatic hydroxyl groups excluding tert-OH is 1. The van der Waals surface area contributed by atoms with Gasteiger partial charge in [-0.3, -0.25) is 4.68 Å². The van der Waals surface area contributed by atoms with Crippen LogP contribution in [0.5, 0.6) is 5.75 Å². The van der Waals surface area contributed by atoms with Crippen molar-refractivity contribution in [3.8, 4) is 5.75 Å². The summed E-state index contributed by atoms with van der Waals surface area (Å²) in [6.45, 7) is 0. The summed E-state index contributed by atoms with van der Waals surface area (Å²) in [5.74, 6) is 0.801. The van der Waals surface area contributed by atoms with Crippen molar-refractivity contribution in [1.29, 1.82) is 0 Å². The number of aliphatic hydroxyl groups is 1. The Bertz CT molecular complexity index is 494. The van der Waals surface area contributed by atoms with Crippen LogP contribution < -0.4 is 4.74 Å². The van der Waals surface area contributed by atoms with Crippen molar-refractivity contribution in [2.45, 2.75) is 12.5 Å². The van der Waals surface area contributed by atoms with E-state index in [-0.39, 0.29) is 0 Å². The van der Waals surface area contributed by atoms with Crippen molar-refractivity contribution in [1.82, 2.24) is 9.78 Å². The molecule has 90 valence electrons. The van der Waals surface area contributed by atoms with Crippen LogP contribution in [0.2, 0.25) is 0 Å². The van der Waals surface area contributed by atoms with Gasteiger partial charge in [-0.1, -0.05) is 18.2 Å². The van der Waals surface area contributed by atoms with E-state index in [1.807, 2.05) is 37.5 Å². The van der Waals surface area contributed by atoms with Gasteiger partial charge in [0.1, 0.15) is 5.75 Å².